The lowest BCUT2D eigenvalue weighted by Gasteiger charge is -2.35. The van der Waals surface area contributed by atoms with Gasteiger partial charge in [0.2, 0.25) is 23.6 Å². The number of ketones is 1. The number of alkyl halides is 6. The van der Waals surface area contributed by atoms with Crippen molar-refractivity contribution in [1.29, 1.82) is 0 Å². The third kappa shape index (κ3) is 15.7. The van der Waals surface area contributed by atoms with E-state index in [2.05, 4.69) is 15.4 Å². The van der Waals surface area contributed by atoms with E-state index in [0.717, 1.165) is 11.8 Å². The molecule has 0 bridgehead atoms. The highest BCUT2D eigenvalue weighted by Crippen LogP contribution is 2.36. The SMILES string of the molecule is CC[C@H](C)[C@H]1NC(=O)[C@H](NC(=O)OC(C(F)(F)F)C(F)(F)F)[C@@H](C)OC(=O)[C@H](Cc2ccc(OC)cc2)N(C)C(=O)[C@@H]2CCCN2C(=O)[C@H](CC(C)C)NC(=O)[C@@H](C)C(=O)[C@H](C(C)C)OC(=O)C[C@@H]1O. The molecule has 0 aliphatic carbocycles. The molecule has 2 aliphatic heterocycles. The van der Waals surface area contributed by atoms with Crippen molar-refractivity contribution in [3.05, 3.63) is 29.8 Å². The van der Waals surface area contributed by atoms with Crippen LogP contribution in [0.15, 0.2) is 24.3 Å². The van der Waals surface area contributed by atoms with Gasteiger partial charge in [0.15, 0.2) is 11.9 Å². The molecular weight excluding hydrogens is 945 g/mol. The van der Waals surface area contributed by atoms with E-state index in [1.807, 2.05) is 0 Å². The van der Waals surface area contributed by atoms with Gasteiger partial charge in [0.1, 0.15) is 36.0 Å². The monoisotopic (exact) mass is 1010 g/mol. The number of methoxy groups -OCH3 is 1. The fourth-order valence-electron chi connectivity index (χ4n) is 8.05. The van der Waals surface area contributed by atoms with Crippen LogP contribution in [0.25, 0.3) is 0 Å². The quantitative estimate of drug-likeness (QED) is 0.112. The van der Waals surface area contributed by atoms with Crippen molar-refractivity contribution in [2.24, 2.45) is 23.7 Å². The first-order valence-corrected chi connectivity index (χ1v) is 23.0. The molecule has 2 fully saturated rings. The molecule has 2 aliphatic rings. The average Bonchev–Trinajstić information content (AvgIpc) is 3.77. The van der Waals surface area contributed by atoms with Crippen molar-refractivity contribution in [3.8, 4) is 5.75 Å². The van der Waals surface area contributed by atoms with Crippen molar-refractivity contribution in [3.63, 3.8) is 0 Å². The second kappa shape index (κ2) is 24.9. The summed E-state index contributed by atoms with van der Waals surface area (Å²) in [6, 6.07) is -1.86. The van der Waals surface area contributed by atoms with Crippen molar-refractivity contribution < 1.29 is 88.8 Å². The van der Waals surface area contributed by atoms with Gasteiger partial charge in [-0.3, -0.25) is 28.8 Å². The average molecular weight is 1010 g/mol. The zero-order chi connectivity index (χ0) is 53.2. The number of fused-ring (bicyclic) bond motifs is 1. The fourth-order valence-corrected chi connectivity index (χ4v) is 8.05. The molecule has 4 N–H and O–H groups in total. The number of aliphatic hydroxyl groups excluding tert-OH is 1. The number of alkyl carbamates (subject to hydrolysis) is 1. The van der Waals surface area contributed by atoms with Gasteiger partial charge in [-0.05, 0) is 68.6 Å². The number of nitrogens with one attached hydrogen (secondary N) is 3. The Bertz CT molecular complexity index is 2010. The Morgan fingerprint density at radius 1 is 0.900 bits per heavy atom. The number of amides is 5. The van der Waals surface area contributed by atoms with Gasteiger partial charge < -0.3 is 49.8 Å². The molecule has 394 valence electrons. The first-order chi connectivity index (χ1) is 32.4. The summed E-state index contributed by atoms with van der Waals surface area (Å²) in [5.41, 5.74) is 0.403. The summed E-state index contributed by atoms with van der Waals surface area (Å²) in [5, 5.41) is 18.0. The molecule has 2 heterocycles. The van der Waals surface area contributed by atoms with Crippen LogP contribution in [0.5, 0.6) is 5.75 Å². The Balaban J connectivity index is 2.25. The van der Waals surface area contributed by atoms with Crippen LogP contribution in [0.3, 0.4) is 0 Å². The molecule has 2 saturated heterocycles. The smallest absolute Gasteiger partial charge is 0.434 e. The molecule has 3 rings (SSSR count). The third-order valence-electron chi connectivity index (χ3n) is 12.3. The summed E-state index contributed by atoms with van der Waals surface area (Å²) >= 11 is 0. The first-order valence-electron chi connectivity index (χ1n) is 23.0. The van der Waals surface area contributed by atoms with Crippen LogP contribution in [-0.2, 0) is 54.2 Å². The summed E-state index contributed by atoms with van der Waals surface area (Å²) < 4.78 is 101. The number of likely N-dealkylation sites (N-methyl/N-ethyl adjacent to an activating group) is 1. The van der Waals surface area contributed by atoms with Crippen molar-refractivity contribution in [1.82, 2.24) is 25.8 Å². The van der Waals surface area contributed by atoms with Crippen LogP contribution in [-0.4, -0.2) is 150 Å². The number of hydrogen-bond acceptors (Lipinski definition) is 13. The third-order valence-corrected chi connectivity index (χ3v) is 12.3. The summed E-state index contributed by atoms with van der Waals surface area (Å²) in [5.74, 6) is -10.0. The summed E-state index contributed by atoms with van der Waals surface area (Å²) in [6.07, 6.45) is -25.5. The topological polar surface area (TPSA) is 236 Å². The molecule has 0 unspecified atom stereocenters. The van der Waals surface area contributed by atoms with E-state index < -0.39 is 139 Å². The normalized spacial score (nSPS) is 27.1. The second-order valence-electron chi connectivity index (χ2n) is 18.5. The predicted octanol–water partition coefficient (Wildman–Crippen LogP) is 4.17. The number of hydrogen-bond donors (Lipinski definition) is 4. The maximum atomic E-state index is 14.6. The predicted molar refractivity (Wildman–Crippen MR) is 235 cm³/mol. The van der Waals surface area contributed by atoms with Gasteiger partial charge in [0.05, 0.1) is 31.6 Å². The standard InChI is InChI=1S/C46H65F6N5O13/c1-11-24(6)34-32(58)21-33(59)69-37(23(4)5)36(60)25(7)38(61)53-29(19-22(2)3)40(63)57-18-12-13-30(57)41(64)56(9)31(20-27-14-16-28(67-10)17-15-27)42(65)68-26(8)35(39(62)54-34)55-44(66)70-43(45(47,48)49)46(50,51)52/h14-17,22-26,29-32,34-35,37,43,58H,11-13,18-21H2,1-10H3,(H,53,61)(H,54,62)(H,55,66)/t24-,25-,26+,29-,30-,31-,32-,34+,35+,37-/m0/s1. The Kier molecular flexibility index (Phi) is 20.9. The highest BCUT2D eigenvalue weighted by molar-refractivity contribution is 6.05. The number of carbonyl (C=O) groups is 8. The number of esters is 2. The number of benzene rings is 1. The molecule has 0 spiro atoms. The molecule has 5 amide bonds. The molecule has 0 saturated carbocycles. The Hall–Kier alpha value is -5.68. The lowest BCUT2D eigenvalue weighted by molar-refractivity contribution is -0.307. The van der Waals surface area contributed by atoms with Gasteiger partial charge in [-0.1, -0.05) is 60.1 Å². The van der Waals surface area contributed by atoms with E-state index in [-0.39, 0.29) is 38.1 Å². The fraction of sp³-hybridized carbons (Fsp3) is 0.696. The molecule has 0 aromatic heterocycles. The summed E-state index contributed by atoms with van der Waals surface area (Å²) in [7, 11) is 2.61. The molecule has 10 atom stereocenters. The van der Waals surface area contributed by atoms with Crippen molar-refractivity contribution >= 4 is 47.4 Å². The minimum Gasteiger partial charge on any atom is -0.497 e. The molecule has 0 radical (unpaired) electrons. The number of nitrogens with zero attached hydrogens (tertiary/aromatic N) is 2. The number of carbonyl (C=O) groups excluding carboxylic acids is 8. The van der Waals surface area contributed by atoms with E-state index >= 15 is 0 Å². The Morgan fingerprint density at radius 2 is 1.50 bits per heavy atom. The Morgan fingerprint density at radius 3 is 2.03 bits per heavy atom. The second-order valence-corrected chi connectivity index (χ2v) is 18.5. The van der Waals surface area contributed by atoms with E-state index in [9.17, 15) is 69.8 Å². The molecule has 70 heavy (non-hydrogen) atoms. The van der Waals surface area contributed by atoms with Gasteiger partial charge in [-0.2, -0.15) is 26.3 Å². The zero-order valence-electron chi connectivity index (χ0n) is 40.8. The van der Waals surface area contributed by atoms with Crippen LogP contribution >= 0.6 is 0 Å². The van der Waals surface area contributed by atoms with Gasteiger partial charge >= 0.3 is 30.4 Å². The minimum atomic E-state index is -6.17. The van der Waals surface area contributed by atoms with Crippen LogP contribution in [0.4, 0.5) is 31.1 Å². The van der Waals surface area contributed by atoms with Gasteiger partial charge in [-0.15, -0.1) is 0 Å². The summed E-state index contributed by atoms with van der Waals surface area (Å²) in [4.78, 5) is 114. The van der Waals surface area contributed by atoms with Crippen LogP contribution in [0.2, 0.25) is 0 Å². The molecular formula is C46H65F6N5O13. The van der Waals surface area contributed by atoms with Crippen LogP contribution < -0.4 is 20.7 Å². The molecule has 1 aromatic carbocycles. The van der Waals surface area contributed by atoms with Crippen molar-refractivity contribution in [2.45, 2.75) is 161 Å². The number of aliphatic hydroxyl groups is 1. The number of halogens is 6. The molecule has 24 heteroatoms. The minimum absolute atomic E-state index is 0.0314. The largest absolute Gasteiger partial charge is 0.497 e. The number of Topliss-reactive ketones (excluding diaryl/α,β-unsaturated/α-hetero) is 1. The van der Waals surface area contributed by atoms with Gasteiger partial charge in [0, 0.05) is 20.0 Å². The van der Waals surface area contributed by atoms with Crippen molar-refractivity contribution in [2.75, 3.05) is 20.7 Å². The number of ether oxygens (including phenoxy) is 4. The number of rotatable bonds is 10. The molecule has 1 aromatic rings. The van der Waals surface area contributed by atoms with E-state index in [4.69, 9.17) is 14.2 Å². The number of cyclic esters (lactones) is 2. The van der Waals surface area contributed by atoms with E-state index in [1.54, 1.807) is 38.2 Å². The maximum absolute atomic E-state index is 14.6. The highest BCUT2D eigenvalue weighted by atomic mass is 19.4. The maximum Gasteiger partial charge on any atom is 0.434 e. The zero-order valence-corrected chi connectivity index (χ0v) is 40.8. The van der Waals surface area contributed by atoms with Gasteiger partial charge in [0.25, 0.3) is 6.10 Å². The lowest BCUT2D eigenvalue weighted by Crippen LogP contribution is -2.60. The van der Waals surface area contributed by atoms with E-state index in [0.29, 0.717) is 17.7 Å². The summed E-state index contributed by atoms with van der Waals surface area (Å²) in [6.45, 7) is 11.9. The highest BCUT2D eigenvalue weighted by Gasteiger charge is 2.60. The first kappa shape index (κ1) is 58.6. The van der Waals surface area contributed by atoms with Crippen LogP contribution in [0.1, 0.15) is 93.1 Å². The van der Waals surface area contributed by atoms with Crippen LogP contribution in [0, 0.1) is 23.7 Å². The van der Waals surface area contributed by atoms with E-state index in [1.165, 1.54) is 58.9 Å². The Labute approximate surface area is 402 Å². The van der Waals surface area contributed by atoms with Gasteiger partial charge in [-0.25, -0.2) is 9.59 Å². The molecule has 18 nitrogen and oxygen atoms in total. The lowest BCUT2D eigenvalue weighted by atomic mass is 9.91.